The minimum atomic E-state index is 0.146. The van der Waals surface area contributed by atoms with Gasteiger partial charge in [-0.2, -0.15) is 0 Å². The standard InChI is InChI=1S/C16H29N3O2/c20-16(19-11-7-17-8-12-19)15-6-2-10-18(15)9-1-4-14-5-3-13-21-14/h14-15,17H,1-13H2. The van der Waals surface area contributed by atoms with Crippen molar-refractivity contribution in [2.75, 3.05) is 45.9 Å². The van der Waals surface area contributed by atoms with Gasteiger partial charge in [0.15, 0.2) is 0 Å². The van der Waals surface area contributed by atoms with Gasteiger partial charge in [0, 0.05) is 32.8 Å². The molecule has 0 spiro atoms. The third-order valence-electron chi connectivity index (χ3n) is 5.07. The number of nitrogens with zero attached hydrogens (tertiary/aromatic N) is 2. The van der Waals surface area contributed by atoms with Gasteiger partial charge in [0.25, 0.3) is 0 Å². The van der Waals surface area contributed by atoms with E-state index in [-0.39, 0.29) is 6.04 Å². The predicted molar refractivity (Wildman–Crippen MR) is 82.3 cm³/mol. The number of ether oxygens (including phenoxy) is 1. The van der Waals surface area contributed by atoms with Crippen molar-refractivity contribution in [1.29, 1.82) is 0 Å². The van der Waals surface area contributed by atoms with Crippen LogP contribution in [0, 0.1) is 0 Å². The molecule has 0 bridgehead atoms. The number of piperazine rings is 1. The van der Waals surface area contributed by atoms with E-state index in [1.54, 1.807) is 0 Å². The molecular formula is C16H29N3O2. The molecule has 1 N–H and O–H groups in total. The molecule has 3 saturated heterocycles. The Bertz CT molecular complexity index is 338. The van der Waals surface area contributed by atoms with Crippen molar-refractivity contribution >= 4 is 5.91 Å². The van der Waals surface area contributed by atoms with Crippen LogP contribution >= 0.6 is 0 Å². The highest BCUT2D eigenvalue weighted by molar-refractivity contribution is 5.82. The minimum Gasteiger partial charge on any atom is -0.378 e. The Balaban J connectivity index is 1.44. The van der Waals surface area contributed by atoms with Gasteiger partial charge in [-0.15, -0.1) is 0 Å². The predicted octanol–water partition coefficient (Wildman–Crippen LogP) is 0.842. The lowest BCUT2D eigenvalue weighted by atomic mass is 10.1. The van der Waals surface area contributed by atoms with Crippen LogP contribution in [0.5, 0.6) is 0 Å². The molecule has 0 radical (unpaired) electrons. The Morgan fingerprint density at radius 1 is 1.14 bits per heavy atom. The average molecular weight is 295 g/mol. The Kier molecular flexibility index (Phi) is 5.49. The van der Waals surface area contributed by atoms with Gasteiger partial charge in [-0.3, -0.25) is 9.69 Å². The molecule has 5 heteroatoms. The summed E-state index contributed by atoms with van der Waals surface area (Å²) in [7, 11) is 0. The summed E-state index contributed by atoms with van der Waals surface area (Å²) in [6.07, 6.45) is 7.46. The van der Waals surface area contributed by atoms with Crippen LogP contribution in [0.2, 0.25) is 0 Å². The van der Waals surface area contributed by atoms with E-state index in [4.69, 9.17) is 4.74 Å². The molecule has 0 aromatic heterocycles. The van der Waals surface area contributed by atoms with Gasteiger partial charge in [0.05, 0.1) is 12.1 Å². The quantitative estimate of drug-likeness (QED) is 0.816. The van der Waals surface area contributed by atoms with Crippen LogP contribution < -0.4 is 5.32 Å². The SMILES string of the molecule is O=C(C1CCCN1CCCC1CCCO1)N1CCNCC1. The number of carbonyl (C=O) groups is 1. The highest BCUT2D eigenvalue weighted by Gasteiger charge is 2.33. The highest BCUT2D eigenvalue weighted by Crippen LogP contribution is 2.22. The summed E-state index contributed by atoms with van der Waals surface area (Å²) in [6, 6.07) is 0.146. The zero-order valence-corrected chi connectivity index (χ0v) is 13.1. The van der Waals surface area contributed by atoms with Crippen molar-refractivity contribution in [3.05, 3.63) is 0 Å². The van der Waals surface area contributed by atoms with Gasteiger partial charge in [-0.05, 0) is 51.6 Å². The number of hydrogen-bond acceptors (Lipinski definition) is 4. The molecule has 5 nitrogen and oxygen atoms in total. The third kappa shape index (κ3) is 3.96. The molecule has 21 heavy (non-hydrogen) atoms. The molecule has 1 amide bonds. The van der Waals surface area contributed by atoms with Gasteiger partial charge in [0.2, 0.25) is 5.91 Å². The topological polar surface area (TPSA) is 44.8 Å². The van der Waals surface area contributed by atoms with Crippen LogP contribution in [0.1, 0.15) is 38.5 Å². The second-order valence-corrected chi connectivity index (χ2v) is 6.55. The van der Waals surface area contributed by atoms with Crippen molar-refractivity contribution in [1.82, 2.24) is 15.1 Å². The Morgan fingerprint density at radius 2 is 2.00 bits per heavy atom. The smallest absolute Gasteiger partial charge is 0.240 e. The summed E-state index contributed by atoms with van der Waals surface area (Å²) in [4.78, 5) is 17.1. The van der Waals surface area contributed by atoms with Crippen molar-refractivity contribution < 1.29 is 9.53 Å². The highest BCUT2D eigenvalue weighted by atomic mass is 16.5. The summed E-state index contributed by atoms with van der Waals surface area (Å²) in [5.74, 6) is 0.367. The monoisotopic (exact) mass is 295 g/mol. The number of hydrogen-bond donors (Lipinski definition) is 1. The molecule has 3 rings (SSSR count). The van der Waals surface area contributed by atoms with Crippen LogP contribution in [0.15, 0.2) is 0 Å². The first-order valence-electron chi connectivity index (χ1n) is 8.70. The van der Waals surface area contributed by atoms with Gasteiger partial charge in [-0.1, -0.05) is 0 Å². The minimum absolute atomic E-state index is 0.146. The van der Waals surface area contributed by atoms with E-state index in [0.717, 1.165) is 65.1 Å². The van der Waals surface area contributed by atoms with Crippen LogP contribution in [-0.2, 0) is 9.53 Å². The lowest BCUT2D eigenvalue weighted by molar-refractivity contribution is -0.136. The maximum atomic E-state index is 12.7. The lowest BCUT2D eigenvalue weighted by Crippen LogP contribution is -2.52. The Labute approximate surface area is 128 Å². The van der Waals surface area contributed by atoms with Gasteiger partial charge < -0.3 is 15.0 Å². The number of likely N-dealkylation sites (tertiary alicyclic amines) is 1. The van der Waals surface area contributed by atoms with Crippen LogP contribution in [0.25, 0.3) is 0 Å². The number of rotatable bonds is 5. The molecule has 3 fully saturated rings. The van der Waals surface area contributed by atoms with E-state index in [2.05, 4.69) is 15.1 Å². The van der Waals surface area contributed by atoms with E-state index >= 15 is 0 Å². The van der Waals surface area contributed by atoms with Crippen LogP contribution in [0.4, 0.5) is 0 Å². The van der Waals surface area contributed by atoms with Gasteiger partial charge in [0.1, 0.15) is 0 Å². The fourth-order valence-corrected chi connectivity index (χ4v) is 3.86. The Hall–Kier alpha value is -0.650. The normalized spacial score (nSPS) is 31.0. The van der Waals surface area contributed by atoms with E-state index in [0.29, 0.717) is 12.0 Å². The van der Waals surface area contributed by atoms with E-state index in [9.17, 15) is 4.79 Å². The molecule has 0 saturated carbocycles. The average Bonchev–Trinajstić information content (AvgIpc) is 3.19. The summed E-state index contributed by atoms with van der Waals surface area (Å²) < 4.78 is 5.69. The summed E-state index contributed by atoms with van der Waals surface area (Å²) in [5, 5.41) is 3.32. The lowest BCUT2D eigenvalue weighted by Gasteiger charge is -2.33. The van der Waals surface area contributed by atoms with Gasteiger partial charge >= 0.3 is 0 Å². The van der Waals surface area contributed by atoms with Crippen molar-refractivity contribution in [2.45, 2.75) is 50.7 Å². The maximum absolute atomic E-state index is 12.7. The zero-order valence-electron chi connectivity index (χ0n) is 13.1. The van der Waals surface area contributed by atoms with Crippen molar-refractivity contribution in [3.63, 3.8) is 0 Å². The summed E-state index contributed by atoms with van der Waals surface area (Å²) >= 11 is 0. The molecule has 3 aliphatic rings. The molecule has 2 unspecified atom stereocenters. The maximum Gasteiger partial charge on any atom is 0.240 e. The first-order valence-corrected chi connectivity index (χ1v) is 8.70. The molecule has 3 aliphatic heterocycles. The molecular weight excluding hydrogens is 266 g/mol. The zero-order chi connectivity index (χ0) is 14.5. The first kappa shape index (κ1) is 15.3. The fraction of sp³-hybridized carbons (Fsp3) is 0.938. The summed E-state index contributed by atoms with van der Waals surface area (Å²) in [5.41, 5.74) is 0. The van der Waals surface area contributed by atoms with Gasteiger partial charge in [-0.25, -0.2) is 0 Å². The molecule has 0 aromatic carbocycles. The van der Waals surface area contributed by atoms with Crippen LogP contribution in [0.3, 0.4) is 0 Å². The molecule has 120 valence electrons. The molecule has 3 heterocycles. The van der Waals surface area contributed by atoms with E-state index < -0.39 is 0 Å². The van der Waals surface area contributed by atoms with E-state index in [1.807, 2.05) is 0 Å². The fourth-order valence-electron chi connectivity index (χ4n) is 3.86. The molecule has 0 aromatic rings. The first-order chi connectivity index (χ1) is 10.3. The third-order valence-corrected chi connectivity index (χ3v) is 5.07. The molecule has 2 atom stereocenters. The number of carbonyl (C=O) groups excluding carboxylic acids is 1. The van der Waals surface area contributed by atoms with Crippen molar-refractivity contribution in [2.24, 2.45) is 0 Å². The van der Waals surface area contributed by atoms with E-state index in [1.165, 1.54) is 19.3 Å². The largest absolute Gasteiger partial charge is 0.378 e. The molecule has 0 aliphatic carbocycles. The number of amides is 1. The summed E-state index contributed by atoms with van der Waals surface area (Å²) in [6.45, 7) is 6.72. The second-order valence-electron chi connectivity index (χ2n) is 6.55. The van der Waals surface area contributed by atoms with Crippen molar-refractivity contribution in [3.8, 4) is 0 Å². The Morgan fingerprint density at radius 3 is 2.76 bits per heavy atom. The second kappa shape index (κ2) is 7.56. The number of nitrogens with one attached hydrogen (secondary N) is 1. The van der Waals surface area contributed by atoms with Crippen LogP contribution in [-0.4, -0.2) is 73.7 Å².